The van der Waals surface area contributed by atoms with Crippen LogP contribution in [0, 0.1) is 0 Å². The maximum Gasteiger partial charge on any atom is 0.573 e. The molecule has 2 N–H and O–H groups in total. The summed E-state index contributed by atoms with van der Waals surface area (Å²) < 4.78 is 41.8. The Balaban J connectivity index is 1.60. The molecule has 2 fully saturated rings. The second-order valence-corrected chi connectivity index (χ2v) is 6.36. The Bertz CT molecular complexity index is 773. The van der Waals surface area contributed by atoms with E-state index in [-0.39, 0.29) is 11.4 Å². The summed E-state index contributed by atoms with van der Waals surface area (Å²) in [5, 5.41) is 6.18. The van der Waals surface area contributed by atoms with Crippen molar-refractivity contribution >= 4 is 17.5 Å². The number of alkyl halides is 3. The zero-order chi connectivity index (χ0) is 17.4. The number of hydrogen-bond acceptors (Lipinski definition) is 5. The molecule has 1 aromatic carbocycles. The second kappa shape index (κ2) is 6.09. The van der Waals surface area contributed by atoms with Gasteiger partial charge in [0.15, 0.2) is 5.75 Å². The van der Waals surface area contributed by atoms with E-state index >= 15 is 0 Å². The van der Waals surface area contributed by atoms with Gasteiger partial charge in [0.2, 0.25) is 5.95 Å². The molecule has 1 heterocycles. The van der Waals surface area contributed by atoms with Crippen LogP contribution in [0.15, 0.2) is 30.3 Å². The monoisotopic (exact) mass is 350 g/mol. The SMILES string of the molecule is FC(F)(F)Oc1ccccc1Nc1cc(C2CC2)nc(NC2CC2)n1. The summed E-state index contributed by atoms with van der Waals surface area (Å²) in [6.45, 7) is 0. The van der Waals surface area contributed by atoms with Crippen LogP contribution in [0.4, 0.5) is 30.6 Å². The van der Waals surface area contributed by atoms with Gasteiger partial charge in [-0.2, -0.15) is 4.98 Å². The van der Waals surface area contributed by atoms with E-state index in [9.17, 15) is 13.2 Å². The highest BCUT2D eigenvalue weighted by atomic mass is 19.4. The number of nitrogens with zero attached hydrogens (tertiary/aromatic N) is 2. The van der Waals surface area contributed by atoms with E-state index in [4.69, 9.17) is 0 Å². The first-order valence-corrected chi connectivity index (χ1v) is 8.23. The molecule has 2 saturated carbocycles. The predicted octanol–water partition coefficient (Wildman–Crippen LogP) is 4.57. The molecule has 0 amide bonds. The zero-order valence-electron chi connectivity index (χ0n) is 13.3. The first-order chi connectivity index (χ1) is 12.0. The maximum absolute atomic E-state index is 12.6. The van der Waals surface area contributed by atoms with Crippen molar-refractivity contribution in [2.75, 3.05) is 10.6 Å². The van der Waals surface area contributed by atoms with Crippen LogP contribution in [0.1, 0.15) is 37.3 Å². The summed E-state index contributed by atoms with van der Waals surface area (Å²) >= 11 is 0. The highest BCUT2D eigenvalue weighted by molar-refractivity contribution is 5.65. The molecule has 1 aromatic heterocycles. The fraction of sp³-hybridized carbons (Fsp3) is 0.412. The van der Waals surface area contributed by atoms with Gasteiger partial charge in [-0.25, -0.2) is 4.98 Å². The van der Waals surface area contributed by atoms with Crippen molar-refractivity contribution in [2.24, 2.45) is 0 Å². The number of rotatable bonds is 6. The summed E-state index contributed by atoms with van der Waals surface area (Å²) in [6, 6.07) is 8.10. The Labute approximate surface area is 142 Å². The van der Waals surface area contributed by atoms with Crippen molar-refractivity contribution in [1.29, 1.82) is 0 Å². The topological polar surface area (TPSA) is 59.1 Å². The van der Waals surface area contributed by atoms with E-state index in [0.717, 1.165) is 31.4 Å². The molecular weight excluding hydrogens is 333 g/mol. The molecule has 5 nitrogen and oxygen atoms in total. The van der Waals surface area contributed by atoms with Crippen LogP contribution >= 0.6 is 0 Å². The van der Waals surface area contributed by atoms with Crippen molar-refractivity contribution in [3.05, 3.63) is 36.0 Å². The lowest BCUT2D eigenvalue weighted by atomic mass is 10.2. The van der Waals surface area contributed by atoms with Crippen molar-refractivity contribution in [3.63, 3.8) is 0 Å². The van der Waals surface area contributed by atoms with Gasteiger partial charge in [0.25, 0.3) is 0 Å². The molecule has 2 aliphatic rings. The van der Waals surface area contributed by atoms with E-state index in [0.29, 0.717) is 23.7 Å². The average Bonchev–Trinajstić information content (AvgIpc) is 3.42. The Morgan fingerprint density at radius 3 is 2.48 bits per heavy atom. The van der Waals surface area contributed by atoms with Gasteiger partial charge in [-0.3, -0.25) is 0 Å². The highest BCUT2D eigenvalue weighted by Gasteiger charge is 2.32. The maximum atomic E-state index is 12.6. The number of hydrogen-bond donors (Lipinski definition) is 2. The third-order valence-corrected chi connectivity index (χ3v) is 4.03. The normalized spacial score (nSPS) is 17.2. The van der Waals surface area contributed by atoms with Crippen LogP contribution in [-0.2, 0) is 0 Å². The molecule has 0 radical (unpaired) electrons. The van der Waals surface area contributed by atoms with Crippen LogP contribution in [0.5, 0.6) is 5.75 Å². The van der Waals surface area contributed by atoms with E-state index in [2.05, 4.69) is 25.3 Å². The smallest absolute Gasteiger partial charge is 0.404 e. The van der Waals surface area contributed by atoms with Gasteiger partial charge in [0.05, 0.1) is 11.4 Å². The van der Waals surface area contributed by atoms with E-state index in [1.807, 2.05) is 0 Å². The number of aromatic nitrogens is 2. The molecule has 4 rings (SSSR count). The van der Waals surface area contributed by atoms with Crippen molar-refractivity contribution < 1.29 is 17.9 Å². The molecule has 132 valence electrons. The molecule has 2 aromatic rings. The van der Waals surface area contributed by atoms with Crippen molar-refractivity contribution in [1.82, 2.24) is 9.97 Å². The molecule has 25 heavy (non-hydrogen) atoms. The summed E-state index contributed by atoms with van der Waals surface area (Å²) in [6.07, 6.45) is -0.425. The number of halogens is 3. The summed E-state index contributed by atoms with van der Waals surface area (Å²) in [5.41, 5.74) is 1.12. The van der Waals surface area contributed by atoms with Crippen LogP contribution in [0.25, 0.3) is 0 Å². The van der Waals surface area contributed by atoms with Gasteiger partial charge >= 0.3 is 6.36 Å². The van der Waals surface area contributed by atoms with Gasteiger partial charge in [-0.15, -0.1) is 13.2 Å². The summed E-state index contributed by atoms with van der Waals surface area (Å²) in [4.78, 5) is 8.91. The highest BCUT2D eigenvalue weighted by Crippen LogP contribution is 2.41. The van der Waals surface area contributed by atoms with Crippen molar-refractivity contribution in [2.45, 2.75) is 44.0 Å². The van der Waals surface area contributed by atoms with Gasteiger partial charge in [-0.05, 0) is 37.8 Å². The second-order valence-electron chi connectivity index (χ2n) is 6.36. The molecule has 0 atom stereocenters. The lowest BCUT2D eigenvalue weighted by molar-refractivity contribution is -0.274. The first kappa shape index (κ1) is 16.0. The summed E-state index contributed by atoms with van der Waals surface area (Å²) in [5.74, 6) is 1.09. The standard InChI is InChI=1S/C17H17F3N4O/c18-17(19,20)25-14-4-2-1-3-12(14)22-15-9-13(10-5-6-10)23-16(24-15)21-11-7-8-11/h1-4,9-11H,5-8H2,(H2,21,22,23,24). The molecule has 0 bridgehead atoms. The minimum Gasteiger partial charge on any atom is -0.404 e. The Hall–Kier alpha value is -2.51. The predicted molar refractivity (Wildman–Crippen MR) is 87.1 cm³/mol. The van der Waals surface area contributed by atoms with Crippen molar-refractivity contribution in [3.8, 4) is 5.75 Å². The van der Waals surface area contributed by atoms with E-state index in [1.165, 1.54) is 18.2 Å². The third kappa shape index (κ3) is 4.32. The lowest BCUT2D eigenvalue weighted by Crippen LogP contribution is -2.18. The minimum absolute atomic E-state index is 0.206. The van der Waals surface area contributed by atoms with Gasteiger partial charge < -0.3 is 15.4 Å². The van der Waals surface area contributed by atoms with Crippen LogP contribution in [-0.4, -0.2) is 22.4 Å². The lowest BCUT2D eigenvalue weighted by Gasteiger charge is -2.15. The quantitative estimate of drug-likeness (QED) is 0.799. The molecule has 2 aliphatic carbocycles. The van der Waals surface area contributed by atoms with E-state index < -0.39 is 6.36 Å². The Kier molecular flexibility index (Phi) is 3.89. The molecular formula is C17H17F3N4O. The van der Waals surface area contributed by atoms with Crippen LogP contribution < -0.4 is 15.4 Å². The van der Waals surface area contributed by atoms with Gasteiger partial charge in [0, 0.05) is 18.0 Å². The Morgan fingerprint density at radius 1 is 1.04 bits per heavy atom. The number of para-hydroxylation sites is 2. The Morgan fingerprint density at radius 2 is 1.80 bits per heavy atom. The number of benzene rings is 1. The molecule has 8 heteroatoms. The summed E-state index contributed by atoms with van der Waals surface area (Å²) in [7, 11) is 0. The van der Waals surface area contributed by atoms with Crippen LogP contribution in [0.3, 0.4) is 0 Å². The molecule has 0 spiro atoms. The first-order valence-electron chi connectivity index (χ1n) is 8.23. The average molecular weight is 350 g/mol. The molecule has 0 unspecified atom stereocenters. The fourth-order valence-corrected chi connectivity index (χ4v) is 2.51. The largest absolute Gasteiger partial charge is 0.573 e. The number of ether oxygens (including phenoxy) is 1. The number of nitrogens with one attached hydrogen (secondary N) is 2. The van der Waals surface area contributed by atoms with Crippen LogP contribution in [0.2, 0.25) is 0 Å². The minimum atomic E-state index is -4.75. The number of anilines is 3. The van der Waals surface area contributed by atoms with Gasteiger partial charge in [-0.1, -0.05) is 12.1 Å². The fourth-order valence-electron chi connectivity index (χ4n) is 2.51. The van der Waals surface area contributed by atoms with Gasteiger partial charge in [0.1, 0.15) is 5.82 Å². The molecule has 0 saturated heterocycles. The zero-order valence-corrected chi connectivity index (χ0v) is 13.3. The third-order valence-electron chi connectivity index (χ3n) is 4.03. The van der Waals surface area contributed by atoms with E-state index in [1.54, 1.807) is 12.1 Å². The molecule has 0 aliphatic heterocycles.